The van der Waals surface area contributed by atoms with Gasteiger partial charge in [-0.25, -0.2) is 0 Å². The topological polar surface area (TPSA) is 47.6 Å². The highest BCUT2D eigenvalue weighted by Gasteiger charge is 2.41. The molecule has 0 aromatic rings. The van der Waals surface area contributed by atoms with Gasteiger partial charge < -0.3 is 14.8 Å². The molecular weight excluding hydrogens is 206 g/mol. The molecule has 16 heavy (non-hydrogen) atoms. The molecule has 2 fully saturated rings. The number of nitrogens with one attached hydrogen (secondary N) is 1. The van der Waals surface area contributed by atoms with Crippen LogP contribution in [-0.4, -0.2) is 37.9 Å². The smallest absolute Gasteiger partial charge is 0.246 e. The van der Waals surface area contributed by atoms with E-state index in [1.165, 1.54) is 12.8 Å². The van der Waals surface area contributed by atoms with E-state index in [1.807, 2.05) is 6.92 Å². The molecule has 1 N–H and O–H groups in total. The van der Waals surface area contributed by atoms with Crippen molar-refractivity contribution in [2.45, 2.75) is 44.8 Å². The van der Waals surface area contributed by atoms with Gasteiger partial charge in [-0.3, -0.25) is 4.79 Å². The van der Waals surface area contributed by atoms with E-state index in [1.54, 1.807) is 0 Å². The minimum Gasteiger partial charge on any atom is -0.376 e. The van der Waals surface area contributed by atoms with Crippen molar-refractivity contribution >= 4 is 5.91 Å². The fourth-order valence-corrected chi connectivity index (χ4v) is 2.21. The molecule has 0 radical (unpaired) electrons. The van der Waals surface area contributed by atoms with E-state index in [-0.39, 0.29) is 24.7 Å². The number of rotatable bonds is 6. The van der Waals surface area contributed by atoms with Crippen LogP contribution in [0.25, 0.3) is 0 Å². The first-order valence-corrected chi connectivity index (χ1v) is 6.30. The molecule has 0 aromatic heterocycles. The number of hydrogen-bond acceptors (Lipinski definition) is 3. The zero-order valence-electron chi connectivity index (χ0n) is 9.91. The molecule has 2 aliphatic rings. The van der Waals surface area contributed by atoms with Gasteiger partial charge in [-0.05, 0) is 31.6 Å². The summed E-state index contributed by atoms with van der Waals surface area (Å²) in [5.41, 5.74) is 0. The van der Waals surface area contributed by atoms with Crippen LogP contribution in [0.4, 0.5) is 0 Å². The van der Waals surface area contributed by atoms with Crippen molar-refractivity contribution in [2.24, 2.45) is 5.92 Å². The van der Waals surface area contributed by atoms with E-state index >= 15 is 0 Å². The van der Waals surface area contributed by atoms with E-state index in [2.05, 4.69) is 5.32 Å². The Balaban J connectivity index is 1.69. The van der Waals surface area contributed by atoms with Gasteiger partial charge in [0.2, 0.25) is 5.91 Å². The summed E-state index contributed by atoms with van der Waals surface area (Å²) in [6.07, 6.45) is 4.66. The van der Waals surface area contributed by atoms with Gasteiger partial charge in [0.25, 0.3) is 0 Å². The molecule has 2 unspecified atom stereocenters. The van der Waals surface area contributed by atoms with Crippen LogP contribution in [-0.2, 0) is 14.3 Å². The Morgan fingerprint density at radius 1 is 1.44 bits per heavy atom. The Morgan fingerprint density at radius 2 is 2.25 bits per heavy atom. The first kappa shape index (κ1) is 11.9. The molecule has 0 aromatic carbocycles. The van der Waals surface area contributed by atoms with Gasteiger partial charge in [0.1, 0.15) is 6.61 Å². The van der Waals surface area contributed by atoms with Crippen LogP contribution < -0.4 is 5.32 Å². The lowest BCUT2D eigenvalue weighted by Crippen LogP contribution is -2.43. The summed E-state index contributed by atoms with van der Waals surface area (Å²) in [4.78, 5) is 11.6. The molecule has 1 saturated carbocycles. The minimum atomic E-state index is -0.00500. The minimum absolute atomic E-state index is 0.00500. The number of carbonyl (C=O) groups is 1. The molecule has 4 heteroatoms. The second-order valence-corrected chi connectivity index (χ2v) is 4.69. The zero-order valence-corrected chi connectivity index (χ0v) is 9.91. The number of hydrogen-bond donors (Lipinski definition) is 1. The molecule has 1 aliphatic carbocycles. The lowest BCUT2D eigenvalue weighted by molar-refractivity contribution is -0.126. The van der Waals surface area contributed by atoms with Gasteiger partial charge in [-0.1, -0.05) is 6.92 Å². The molecular formula is C12H21NO3. The van der Waals surface area contributed by atoms with Crippen LogP contribution in [0.5, 0.6) is 0 Å². The number of amides is 1. The van der Waals surface area contributed by atoms with E-state index in [0.29, 0.717) is 12.5 Å². The van der Waals surface area contributed by atoms with Gasteiger partial charge in [0.05, 0.1) is 12.1 Å². The van der Waals surface area contributed by atoms with E-state index in [0.717, 1.165) is 19.4 Å². The Kier molecular flexibility index (Phi) is 4.18. The molecule has 0 spiro atoms. The highest BCUT2D eigenvalue weighted by molar-refractivity contribution is 5.77. The van der Waals surface area contributed by atoms with Gasteiger partial charge in [-0.15, -0.1) is 0 Å². The van der Waals surface area contributed by atoms with Crippen LogP contribution >= 0.6 is 0 Å². The van der Waals surface area contributed by atoms with Crippen LogP contribution in [0.1, 0.15) is 32.6 Å². The maximum absolute atomic E-state index is 11.6. The Morgan fingerprint density at radius 3 is 2.94 bits per heavy atom. The fraction of sp³-hybridized carbons (Fsp3) is 0.917. The van der Waals surface area contributed by atoms with Crippen molar-refractivity contribution in [3.8, 4) is 0 Å². The lowest BCUT2D eigenvalue weighted by Gasteiger charge is -2.19. The monoisotopic (exact) mass is 227 g/mol. The van der Waals surface area contributed by atoms with Gasteiger partial charge in [0, 0.05) is 13.2 Å². The highest BCUT2D eigenvalue weighted by Crippen LogP contribution is 2.38. The van der Waals surface area contributed by atoms with Gasteiger partial charge in [0.15, 0.2) is 0 Å². The quantitative estimate of drug-likeness (QED) is 0.691. The van der Waals surface area contributed by atoms with Crippen LogP contribution in [0, 0.1) is 5.92 Å². The van der Waals surface area contributed by atoms with Crippen molar-refractivity contribution in [3.63, 3.8) is 0 Å². The molecule has 1 amide bonds. The number of carbonyl (C=O) groups excluding carboxylic acids is 1. The highest BCUT2D eigenvalue weighted by atomic mass is 16.5. The normalized spacial score (nSPS) is 29.3. The van der Waals surface area contributed by atoms with Crippen molar-refractivity contribution in [1.82, 2.24) is 5.32 Å². The second kappa shape index (κ2) is 5.64. The standard InChI is InChI=1S/C12H21NO3/c1-2-6-15-8-11(14)13-10-5-7-16-12(10)9-3-4-9/h9-10,12H,2-8H2,1H3,(H,13,14). The molecule has 1 aliphatic heterocycles. The van der Waals surface area contributed by atoms with Crippen LogP contribution in [0.2, 0.25) is 0 Å². The van der Waals surface area contributed by atoms with Crippen molar-refractivity contribution in [1.29, 1.82) is 0 Å². The molecule has 4 nitrogen and oxygen atoms in total. The molecule has 0 bridgehead atoms. The molecule has 1 saturated heterocycles. The Bertz CT molecular complexity index is 240. The summed E-state index contributed by atoms with van der Waals surface area (Å²) < 4.78 is 10.9. The number of ether oxygens (including phenoxy) is 2. The molecule has 92 valence electrons. The van der Waals surface area contributed by atoms with Crippen molar-refractivity contribution in [2.75, 3.05) is 19.8 Å². The largest absolute Gasteiger partial charge is 0.376 e. The van der Waals surface area contributed by atoms with E-state index < -0.39 is 0 Å². The summed E-state index contributed by atoms with van der Waals surface area (Å²) in [5, 5.41) is 3.02. The Labute approximate surface area is 96.7 Å². The Hall–Kier alpha value is -0.610. The van der Waals surface area contributed by atoms with Crippen molar-refractivity contribution < 1.29 is 14.3 Å². The average molecular weight is 227 g/mol. The molecule has 2 atom stereocenters. The average Bonchev–Trinajstić information content (AvgIpc) is 3.01. The first-order valence-electron chi connectivity index (χ1n) is 6.30. The predicted molar refractivity (Wildman–Crippen MR) is 60.1 cm³/mol. The van der Waals surface area contributed by atoms with Crippen LogP contribution in [0.15, 0.2) is 0 Å². The summed E-state index contributed by atoms with van der Waals surface area (Å²) in [6, 6.07) is 0.213. The summed E-state index contributed by atoms with van der Waals surface area (Å²) in [5.74, 6) is 0.680. The maximum Gasteiger partial charge on any atom is 0.246 e. The second-order valence-electron chi connectivity index (χ2n) is 4.69. The molecule has 2 rings (SSSR count). The first-order chi connectivity index (χ1) is 7.81. The SMILES string of the molecule is CCCOCC(=O)NC1CCOC1C1CC1. The molecule has 1 heterocycles. The fourth-order valence-electron chi connectivity index (χ4n) is 2.21. The van der Waals surface area contributed by atoms with E-state index in [4.69, 9.17) is 9.47 Å². The third-order valence-electron chi connectivity index (χ3n) is 3.15. The maximum atomic E-state index is 11.6. The third kappa shape index (κ3) is 3.19. The van der Waals surface area contributed by atoms with Crippen LogP contribution in [0.3, 0.4) is 0 Å². The lowest BCUT2D eigenvalue weighted by atomic mass is 10.1. The third-order valence-corrected chi connectivity index (χ3v) is 3.15. The summed E-state index contributed by atoms with van der Waals surface area (Å²) >= 11 is 0. The summed E-state index contributed by atoms with van der Waals surface area (Å²) in [6.45, 7) is 3.65. The van der Waals surface area contributed by atoms with Crippen molar-refractivity contribution in [3.05, 3.63) is 0 Å². The predicted octanol–water partition coefficient (Wildman–Crippen LogP) is 1.10. The summed E-state index contributed by atoms with van der Waals surface area (Å²) in [7, 11) is 0. The zero-order chi connectivity index (χ0) is 11.4. The van der Waals surface area contributed by atoms with Gasteiger partial charge in [-0.2, -0.15) is 0 Å². The van der Waals surface area contributed by atoms with Gasteiger partial charge >= 0.3 is 0 Å². The van der Waals surface area contributed by atoms with E-state index in [9.17, 15) is 4.79 Å².